The van der Waals surface area contributed by atoms with Crippen molar-refractivity contribution < 1.29 is 42.9 Å². The van der Waals surface area contributed by atoms with Crippen LogP contribution in [0.25, 0.3) is 0 Å². The number of likely N-dealkylation sites (N-methyl/N-ethyl adjacent to an activating group) is 1. The minimum Gasteiger partial charge on any atom is -0.545 e. The number of allylic oxidation sites excluding steroid dienone is 28. The van der Waals surface area contributed by atoms with Crippen molar-refractivity contribution in [3.63, 3.8) is 0 Å². The van der Waals surface area contributed by atoms with Gasteiger partial charge in [-0.1, -0.05) is 325 Å². The molecule has 9 nitrogen and oxygen atoms in total. The van der Waals surface area contributed by atoms with Crippen LogP contribution in [0.4, 0.5) is 0 Å². The predicted molar refractivity (Wildman–Crippen MR) is 407 cm³/mol. The lowest BCUT2D eigenvalue weighted by Crippen LogP contribution is -2.44. The number of aliphatic carboxylic acids is 1. The van der Waals surface area contributed by atoms with Crippen molar-refractivity contribution >= 4 is 17.9 Å². The number of esters is 2. The zero-order valence-corrected chi connectivity index (χ0v) is 61.5. The molecule has 9 heteroatoms. The van der Waals surface area contributed by atoms with Gasteiger partial charge in [-0.25, -0.2) is 0 Å². The lowest BCUT2D eigenvalue weighted by molar-refractivity contribution is -0.870. The van der Waals surface area contributed by atoms with E-state index < -0.39 is 24.3 Å². The molecule has 0 N–H and O–H groups in total. The maximum absolute atomic E-state index is 13.0. The fourth-order valence-electron chi connectivity index (χ4n) is 10.2. The quantitative estimate of drug-likeness (QED) is 0.0195. The van der Waals surface area contributed by atoms with E-state index in [2.05, 4.69) is 184 Å². The van der Waals surface area contributed by atoms with Crippen LogP contribution in [-0.2, 0) is 33.3 Å². The Morgan fingerprint density at radius 2 is 0.568 bits per heavy atom. The first-order valence-electron chi connectivity index (χ1n) is 38.3. The van der Waals surface area contributed by atoms with Gasteiger partial charge in [0.05, 0.1) is 40.3 Å². The topological polar surface area (TPSA) is 111 Å². The predicted octanol–water partition coefficient (Wildman–Crippen LogP) is 23.2. The van der Waals surface area contributed by atoms with Gasteiger partial charge in [-0.05, 0) is 128 Å². The van der Waals surface area contributed by atoms with E-state index >= 15 is 0 Å². The van der Waals surface area contributed by atoms with Gasteiger partial charge in [-0.15, -0.1) is 0 Å². The Hall–Kier alpha value is -5.35. The molecule has 538 valence electrons. The summed E-state index contributed by atoms with van der Waals surface area (Å²) in [4.78, 5) is 37.6. The number of ether oxygens (including phenoxy) is 4. The van der Waals surface area contributed by atoms with Crippen LogP contribution in [0.1, 0.15) is 296 Å². The molecule has 0 bridgehead atoms. The summed E-state index contributed by atoms with van der Waals surface area (Å²) in [6, 6.07) is 0. The maximum atomic E-state index is 13.0. The summed E-state index contributed by atoms with van der Waals surface area (Å²) in [5, 5.41) is 11.9. The molecule has 0 saturated heterocycles. The second-order valence-corrected chi connectivity index (χ2v) is 26.2. The molecule has 0 aromatic rings. The summed E-state index contributed by atoms with van der Waals surface area (Å²) in [5.41, 5.74) is 0. The number of hydrogen-bond acceptors (Lipinski definition) is 8. The van der Waals surface area contributed by atoms with Crippen LogP contribution >= 0.6 is 0 Å². The van der Waals surface area contributed by atoms with Crippen LogP contribution in [0.3, 0.4) is 0 Å². The highest BCUT2D eigenvalue weighted by Crippen LogP contribution is 2.17. The fraction of sp³-hybridized carbons (Fsp3) is 0.640. The van der Waals surface area contributed by atoms with Gasteiger partial charge in [-0.3, -0.25) is 9.59 Å². The molecule has 0 aliphatic carbocycles. The SMILES string of the molecule is CC/C=C\C/C=C\C/C=C\C/C=C\C/C=C\C/C=C\C/C=C\C/C=C\C/C=C\CCCCCCCCCC(=O)OC(COC(=O)CCCCCCCCCCCCCCCCCCCCC/C=C\C/C=C\C/C=C\C/C=C\C/C=C\CC)COC(OCC[N+](C)(C)C)C(=O)[O-]. The smallest absolute Gasteiger partial charge is 0.306 e. The molecule has 0 aliphatic rings. The Kier molecular flexibility index (Phi) is 70.2. The highest BCUT2D eigenvalue weighted by Gasteiger charge is 2.22. The first-order valence-corrected chi connectivity index (χ1v) is 38.3. The van der Waals surface area contributed by atoms with Gasteiger partial charge >= 0.3 is 11.9 Å². The number of carbonyl (C=O) groups is 3. The van der Waals surface area contributed by atoms with Crippen LogP contribution in [0, 0.1) is 0 Å². The first-order chi connectivity index (χ1) is 46.6. The molecular formula is C86H141NO8. The van der Waals surface area contributed by atoms with Crippen molar-refractivity contribution in [2.45, 2.75) is 309 Å². The molecule has 0 aromatic heterocycles. The van der Waals surface area contributed by atoms with E-state index in [-0.39, 0.29) is 38.6 Å². The second-order valence-electron chi connectivity index (χ2n) is 26.2. The van der Waals surface area contributed by atoms with Crippen molar-refractivity contribution in [1.82, 2.24) is 0 Å². The van der Waals surface area contributed by atoms with Gasteiger partial charge < -0.3 is 33.3 Å². The molecule has 2 unspecified atom stereocenters. The largest absolute Gasteiger partial charge is 0.545 e. The van der Waals surface area contributed by atoms with Gasteiger partial charge in [-0.2, -0.15) is 0 Å². The first kappa shape index (κ1) is 89.6. The zero-order chi connectivity index (χ0) is 69.0. The highest BCUT2D eigenvalue weighted by molar-refractivity contribution is 5.70. The van der Waals surface area contributed by atoms with E-state index in [1.807, 2.05) is 21.1 Å². The van der Waals surface area contributed by atoms with Gasteiger partial charge in [0.25, 0.3) is 0 Å². The Bertz CT molecular complexity index is 2170. The van der Waals surface area contributed by atoms with Crippen molar-refractivity contribution in [2.24, 2.45) is 0 Å². The molecule has 2 atom stereocenters. The molecule has 0 spiro atoms. The molecule has 0 rings (SSSR count). The van der Waals surface area contributed by atoms with Gasteiger partial charge in [0.2, 0.25) is 0 Å². The Morgan fingerprint density at radius 1 is 0.316 bits per heavy atom. The second kappa shape index (κ2) is 74.4. The number of rotatable bonds is 69. The van der Waals surface area contributed by atoms with Crippen molar-refractivity contribution in [3.05, 3.63) is 170 Å². The highest BCUT2D eigenvalue weighted by atomic mass is 16.7. The zero-order valence-electron chi connectivity index (χ0n) is 61.5. The minimum absolute atomic E-state index is 0.138. The third kappa shape index (κ3) is 75.9. The maximum Gasteiger partial charge on any atom is 0.306 e. The number of nitrogens with zero attached hydrogens (tertiary/aromatic N) is 1. The Morgan fingerprint density at radius 3 is 0.842 bits per heavy atom. The molecular weight excluding hydrogens is 1170 g/mol. The van der Waals surface area contributed by atoms with Crippen LogP contribution < -0.4 is 5.11 Å². The lowest BCUT2D eigenvalue weighted by atomic mass is 10.0. The molecule has 0 fully saturated rings. The molecule has 0 saturated carbocycles. The van der Waals surface area contributed by atoms with E-state index in [1.165, 1.54) is 128 Å². The lowest BCUT2D eigenvalue weighted by Gasteiger charge is -2.26. The monoisotopic (exact) mass is 1320 g/mol. The summed E-state index contributed by atoms with van der Waals surface area (Å²) in [6.45, 7) is 4.51. The van der Waals surface area contributed by atoms with Crippen LogP contribution in [0.5, 0.6) is 0 Å². The molecule has 0 aromatic carbocycles. The van der Waals surface area contributed by atoms with Crippen molar-refractivity contribution in [1.29, 1.82) is 0 Å². The summed E-state index contributed by atoms with van der Waals surface area (Å²) in [7, 11) is 5.92. The van der Waals surface area contributed by atoms with Crippen LogP contribution in [0.15, 0.2) is 170 Å². The van der Waals surface area contributed by atoms with Crippen molar-refractivity contribution in [2.75, 3.05) is 47.5 Å². The van der Waals surface area contributed by atoms with Crippen LogP contribution in [0.2, 0.25) is 0 Å². The third-order valence-electron chi connectivity index (χ3n) is 16.0. The number of carboxylic acids is 1. The van der Waals surface area contributed by atoms with E-state index in [0.717, 1.165) is 135 Å². The molecule has 95 heavy (non-hydrogen) atoms. The van der Waals surface area contributed by atoms with Crippen molar-refractivity contribution in [3.8, 4) is 0 Å². The molecule has 0 aliphatic heterocycles. The standard InChI is InChI=1S/C86H141NO8/c1-6-8-10-12-14-16-18-20-22-24-26-28-30-32-34-36-38-40-42-44-46-48-50-52-54-56-58-60-62-64-66-68-70-72-74-76-83(88)93-80-82(81-94-86(85(90)91)92-79-78-87(3,4)5)95-84(89)77-75-73-71-69-67-65-63-61-59-57-55-53-51-49-47-45-43-41-39-37-35-33-31-29-27-25-23-21-19-17-15-13-11-9-7-2/h8-11,14-17,20-23,26-29,32-35,39,41,45,47,51,53,57,59,82,86H,6-7,12-13,18-19,24-25,30-31,36-38,40,42-44,46,48-50,52,54-56,58,60-81H2,1-5H3/b10-8-,11-9-,16-14-,17-15-,22-20-,23-21-,28-26-,29-27-,34-32-,35-33-,41-39-,47-45-,53-51-,59-57-. The van der Waals surface area contributed by atoms with Gasteiger partial charge in [0.1, 0.15) is 13.2 Å². The fourth-order valence-corrected chi connectivity index (χ4v) is 10.2. The van der Waals surface area contributed by atoms with E-state index in [0.29, 0.717) is 17.4 Å². The summed E-state index contributed by atoms with van der Waals surface area (Å²) in [5.74, 6) is -2.30. The normalized spacial score (nSPS) is 13.7. The van der Waals surface area contributed by atoms with E-state index in [9.17, 15) is 19.5 Å². The number of carboxylic acid groups (broad SMARTS) is 1. The number of unbranched alkanes of at least 4 members (excludes halogenated alkanes) is 26. The summed E-state index contributed by atoms with van der Waals surface area (Å²) >= 11 is 0. The van der Waals surface area contributed by atoms with E-state index in [1.54, 1.807) is 0 Å². The van der Waals surface area contributed by atoms with E-state index in [4.69, 9.17) is 18.9 Å². The summed E-state index contributed by atoms with van der Waals surface area (Å²) in [6.07, 6.45) is 109. The Balaban J connectivity index is 4.13. The molecule has 0 radical (unpaired) electrons. The molecule has 0 amide bonds. The Labute approximate surface area is 584 Å². The summed E-state index contributed by atoms with van der Waals surface area (Å²) < 4.78 is 22.8. The van der Waals surface area contributed by atoms with Gasteiger partial charge in [0, 0.05) is 12.8 Å². The number of quaternary nitrogens is 1. The minimum atomic E-state index is -1.64. The average Bonchev–Trinajstić information content (AvgIpc) is 3.58. The van der Waals surface area contributed by atoms with Crippen LogP contribution in [-0.4, -0.2) is 82.3 Å². The number of carbonyl (C=O) groups excluding carboxylic acids is 3. The molecule has 0 heterocycles. The third-order valence-corrected chi connectivity index (χ3v) is 16.0. The van der Waals surface area contributed by atoms with Gasteiger partial charge in [0.15, 0.2) is 12.4 Å². The average molecular weight is 1320 g/mol. The number of hydrogen-bond donors (Lipinski definition) is 0.